The van der Waals surface area contributed by atoms with Gasteiger partial charge in [0.15, 0.2) is 11.5 Å². The van der Waals surface area contributed by atoms with Gasteiger partial charge < -0.3 is 28.8 Å². The fourth-order valence-electron chi connectivity index (χ4n) is 6.70. The number of rotatable bonds is 3. The number of fused-ring (bicyclic) bond motifs is 4. The quantitative estimate of drug-likeness (QED) is 0.661. The van der Waals surface area contributed by atoms with Crippen LogP contribution in [-0.4, -0.2) is 41.7 Å². The molecule has 188 valence electrons. The maximum absolute atomic E-state index is 13.2. The molecule has 2 aromatic rings. The Hall–Kier alpha value is -2.77. The Balaban J connectivity index is 1.66. The first-order valence-corrected chi connectivity index (χ1v) is 12.1. The van der Waals surface area contributed by atoms with Crippen molar-refractivity contribution in [1.82, 2.24) is 0 Å². The molecular weight excluding hydrogens is 448 g/mol. The molecule has 2 saturated carbocycles. The van der Waals surface area contributed by atoms with Crippen molar-refractivity contribution < 1.29 is 28.8 Å². The van der Waals surface area contributed by atoms with Crippen LogP contribution in [-0.2, 0) is 0 Å². The van der Waals surface area contributed by atoms with Crippen LogP contribution >= 0.6 is 0 Å². The minimum atomic E-state index is -1.14. The minimum absolute atomic E-state index is 0.294. The molecule has 2 N–H and O–H groups in total. The molecule has 0 bridgehead atoms. The third kappa shape index (κ3) is 3.14. The van der Waals surface area contributed by atoms with Crippen LogP contribution in [0.1, 0.15) is 58.9 Å². The Morgan fingerprint density at radius 2 is 1.71 bits per heavy atom. The molecule has 3 aliphatic rings. The molecular formula is C28H34O7. The zero-order chi connectivity index (χ0) is 25.4. The molecule has 35 heavy (non-hydrogen) atoms. The van der Waals surface area contributed by atoms with E-state index < -0.39 is 33.8 Å². The maximum Gasteiger partial charge on any atom is 0.347 e. The predicted octanol–water partition coefficient (Wildman–Crippen LogP) is 4.57. The molecule has 1 aliphatic heterocycles. The molecule has 2 heterocycles. The summed E-state index contributed by atoms with van der Waals surface area (Å²) in [6, 6.07) is 7.02. The highest BCUT2D eigenvalue weighted by molar-refractivity contribution is 5.70. The smallest absolute Gasteiger partial charge is 0.347 e. The van der Waals surface area contributed by atoms with Crippen molar-refractivity contribution in [1.29, 1.82) is 0 Å². The van der Waals surface area contributed by atoms with E-state index in [4.69, 9.17) is 18.6 Å². The number of aliphatic hydroxyl groups is 2. The van der Waals surface area contributed by atoms with Gasteiger partial charge in [-0.1, -0.05) is 20.8 Å². The molecule has 0 saturated heterocycles. The van der Waals surface area contributed by atoms with E-state index in [0.29, 0.717) is 53.4 Å². The van der Waals surface area contributed by atoms with Gasteiger partial charge in [0.2, 0.25) is 0 Å². The molecule has 0 amide bonds. The Labute approximate surface area is 205 Å². The number of aliphatic hydroxyl groups excluding tert-OH is 1. The van der Waals surface area contributed by atoms with Gasteiger partial charge in [-0.2, -0.15) is 0 Å². The monoisotopic (exact) mass is 482 g/mol. The van der Waals surface area contributed by atoms with Gasteiger partial charge >= 0.3 is 5.63 Å². The second-order valence-corrected chi connectivity index (χ2v) is 11.1. The van der Waals surface area contributed by atoms with E-state index in [-0.39, 0.29) is 0 Å². The lowest BCUT2D eigenvalue weighted by Gasteiger charge is -2.65. The van der Waals surface area contributed by atoms with Crippen LogP contribution in [0, 0.1) is 10.8 Å². The summed E-state index contributed by atoms with van der Waals surface area (Å²) in [7, 11) is 3.11. The summed E-state index contributed by atoms with van der Waals surface area (Å²) in [5.74, 6) is 1.88. The standard InChI is InChI=1S/C28H34O7/c1-25(2)10-9-23(29)27(4)22-14-17-20(35-26(22,3)11-12-28(25,27)31)15-19(34-24(17)30)16-7-8-18(32-5)21(13-16)33-6/h7-8,13-15,23,29,31H,9-12H2,1-6H3/t23-,26-,27+,28-/m0/s1. The topological polar surface area (TPSA) is 98.4 Å². The molecule has 1 aromatic heterocycles. The summed E-state index contributed by atoms with van der Waals surface area (Å²) >= 11 is 0. The average molecular weight is 483 g/mol. The molecule has 2 fully saturated rings. The largest absolute Gasteiger partial charge is 0.493 e. The molecule has 4 atom stereocenters. The van der Waals surface area contributed by atoms with Crippen LogP contribution in [0.25, 0.3) is 17.4 Å². The molecule has 7 nitrogen and oxygen atoms in total. The van der Waals surface area contributed by atoms with Gasteiger partial charge in [0, 0.05) is 17.0 Å². The Morgan fingerprint density at radius 3 is 2.40 bits per heavy atom. The van der Waals surface area contributed by atoms with E-state index in [1.807, 2.05) is 13.8 Å². The molecule has 7 heteroatoms. The van der Waals surface area contributed by atoms with Crippen LogP contribution in [0.2, 0.25) is 0 Å². The van der Waals surface area contributed by atoms with Crippen molar-refractivity contribution in [2.45, 2.75) is 70.7 Å². The van der Waals surface area contributed by atoms with E-state index in [0.717, 1.165) is 12.0 Å². The minimum Gasteiger partial charge on any atom is -0.493 e. The van der Waals surface area contributed by atoms with Crippen LogP contribution < -0.4 is 19.8 Å². The summed E-state index contributed by atoms with van der Waals surface area (Å²) in [5.41, 5.74) is -2.11. The Bertz CT molecular complexity index is 1270. The Kier molecular flexibility index (Phi) is 5.21. The van der Waals surface area contributed by atoms with E-state index in [2.05, 4.69) is 13.8 Å². The van der Waals surface area contributed by atoms with E-state index in [9.17, 15) is 15.0 Å². The number of benzene rings is 1. The van der Waals surface area contributed by atoms with Crippen molar-refractivity contribution in [2.24, 2.45) is 10.8 Å². The predicted molar refractivity (Wildman–Crippen MR) is 132 cm³/mol. The van der Waals surface area contributed by atoms with Gasteiger partial charge in [0.1, 0.15) is 22.7 Å². The number of hydrogen-bond acceptors (Lipinski definition) is 7. The van der Waals surface area contributed by atoms with Crippen molar-refractivity contribution in [2.75, 3.05) is 14.2 Å². The second kappa shape index (κ2) is 7.61. The molecule has 0 spiro atoms. The average Bonchev–Trinajstić information content (AvgIpc) is 2.82. The highest BCUT2D eigenvalue weighted by Gasteiger charge is 2.69. The molecule has 2 aliphatic carbocycles. The van der Waals surface area contributed by atoms with Gasteiger partial charge in [0.25, 0.3) is 0 Å². The zero-order valence-corrected chi connectivity index (χ0v) is 21.2. The SMILES string of the molecule is COc1ccc(-c2cc3c(c(=O)o2)C=C2[C@](C)(CC[C@]4(O)C(C)(C)CC[C@H](O)[C@@]24C)O3)cc1OC. The third-order valence-corrected chi connectivity index (χ3v) is 9.02. The lowest BCUT2D eigenvalue weighted by molar-refractivity contribution is -0.237. The lowest BCUT2D eigenvalue weighted by atomic mass is 9.43. The number of hydrogen-bond donors (Lipinski definition) is 2. The van der Waals surface area contributed by atoms with Crippen LogP contribution in [0.5, 0.6) is 17.2 Å². The molecule has 0 radical (unpaired) electrons. The Morgan fingerprint density at radius 1 is 1.00 bits per heavy atom. The fourth-order valence-corrected chi connectivity index (χ4v) is 6.70. The number of ether oxygens (including phenoxy) is 3. The van der Waals surface area contributed by atoms with E-state index in [1.54, 1.807) is 44.6 Å². The lowest BCUT2D eigenvalue weighted by Crippen LogP contribution is -2.70. The highest BCUT2D eigenvalue weighted by atomic mass is 16.5. The normalized spacial score (nSPS) is 32.9. The van der Waals surface area contributed by atoms with Crippen LogP contribution in [0.4, 0.5) is 0 Å². The van der Waals surface area contributed by atoms with Gasteiger partial charge in [-0.3, -0.25) is 0 Å². The molecule has 1 aromatic carbocycles. The highest BCUT2D eigenvalue weighted by Crippen LogP contribution is 2.65. The van der Waals surface area contributed by atoms with Crippen molar-refractivity contribution in [3.8, 4) is 28.6 Å². The molecule has 0 unspecified atom stereocenters. The van der Waals surface area contributed by atoms with Gasteiger partial charge in [-0.15, -0.1) is 0 Å². The summed E-state index contributed by atoms with van der Waals surface area (Å²) < 4.78 is 22.9. The van der Waals surface area contributed by atoms with Gasteiger partial charge in [-0.05, 0) is 67.9 Å². The van der Waals surface area contributed by atoms with E-state index >= 15 is 0 Å². The van der Waals surface area contributed by atoms with Crippen LogP contribution in [0.3, 0.4) is 0 Å². The summed E-state index contributed by atoms with van der Waals surface area (Å²) in [6.07, 6.45) is 3.37. The van der Waals surface area contributed by atoms with E-state index in [1.165, 1.54) is 0 Å². The van der Waals surface area contributed by atoms with Crippen molar-refractivity contribution in [3.05, 3.63) is 45.8 Å². The zero-order valence-electron chi connectivity index (χ0n) is 21.2. The maximum atomic E-state index is 13.2. The van der Waals surface area contributed by atoms with Crippen LogP contribution in [0.15, 0.2) is 39.1 Å². The first-order chi connectivity index (χ1) is 16.4. The fraction of sp³-hybridized carbons (Fsp3) is 0.536. The number of methoxy groups -OCH3 is 2. The summed E-state index contributed by atoms with van der Waals surface area (Å²) in [6.45, 7) is 8.00. The third-order valence-electron chi connectivity index (χ3n) is 9.02. The first-order valence-electron chi connectivity index (χ1n) is 12.1. The van der Waals surface area contributed by atoms with Crippen molar-refractivity contribution in [3.63, 3.8) is 0 Å². The van der Waals surface area contributed by atoms with Crippen molar-refractivity contribution >= 4 is 6.08 Å². The summed E-state index contributed by atoms with van der Waals surface area (Å²) in [4.78, 5) is 13.2. The second-order valence-electron chi connectivity index (χ2n) is 11.1. The molecule has 5 rings (SSSR count). The van der Waals surface area contributed by atoms with Gasteiger partial charge in [0.05, 0.1) is 25.9 Å². The summed E-state index contributed by atoms with van der Waals surface area (Å²) in [5, 5.41) is 23.3. The van der Waals surface area contributed by atoms with Gasteiger partial charge in [-0.25, -0.2) is 4.79 Å². The first kappa shape index (κ1) is 23.9.